The van der Waals surface area contributed by atoms with E-state index in [0.29, 0.717) is 36.2 Å². The Morgan fingerprint density at radius 1 is 1.25 bits per heavy atom. The summed E-state index contributed by atoms with van der Waals surface area (Å²) in [5, 5.41) is 11.5. The van der Waals surface area contributed by atoms with Gasteiger partial charge in [0, 0.05) is 56.2 Å². The quantitative estimate of drug-likeness (QED) is 0.274. The Hall–Kier alpha value is -4.14. The Kier molecular flexibility index (Phi) is 7.02. The molecule has 8 nitrogen and oxygen atoms in total. The highest BCUT2D eigenvalue weighted by atomic mass is 19.1. The van der Waals surface area contributed by atoms with E-state index < -0.39 is 23.3 Å². The zero-order valence-corrected chi connectivity index (χ0v) is 24.5. The third-order valence-electron chi connectivity index (χ3n) is 9.42. The zero-order chi connectivity index (χ0) is 30.7. The SMILES string of the molecule is C#Cc1c(F)ccc2cc(O)cc(-c3ncc4c(N(C)[C@@H]5C[C@H]5COC)nc(OC[C@@]56CCCN5C[C@H](F)C6)nc4c3F)c12. The Bertz CT molecular complexity index is 1830. The molecule has 0 radical (unpaired) electrons. The maximum atomic E-state index is 16.7. The molecule has 3 aliphatic rings. The lowest BCUT2D eigenvalue weighted by atomic mass is 9.95. The summed E-state index contributed by atoms with van der Waals surface area (Å²) in [5.41, 5.74) is -0.574. The summed E-state index contributed by atoms with van der Waals surface area (Å²) in [4.78, 5) is 17.7. The van der Waals surface area contributed by atoms with Crippen LogP contribution in [-0.2, 0) is 4.74 Å². The number of ether oxygens (including phenoxy) is 2. The second kappa shape index (κ2) is 10.8. The fourth-order valence-electron chi connectivity index (χ4n) is 7.20. The standard InChI is InChI=1S/C33H32F3N5O3/c1-4-22-25(35)7-6-18-10-21(42)12-23(27(18)22)29-28(36)30-24(14-37-29)31(40(2)26-11-19(26)16-43-3)39-32(38-30)44-17-33-8-5-9-41(33)15-20(34)13-33/h1,6-7,10,12,14,19-20,26,42H,5,8-9,11,13,15-17H2,2-3H3/t19-,20+,26+,33-/m0/s1. The highest BCUT2D eigenvalue weighted by Crippen LogP contribution is 2.43. The van der Waals surface area contributed by atoms with Crippen LogP contribution in [0.4, 0.5) is 19.0 Å². The molecule has 1 saturated carbocycles. The smallest absolute Gasteiger partial charge is 0.319 e. The predicted octanol–water partition coefficient (Wildman–Crippen LogP) is 5.24. The lowest BCUT2D eigenvalue weighted by molar-refractivity contribution is 0.107. The molecular formula is C33H32F3N5O3. The van der Waals surface area contributed by atoms with Crippen LogP contribution in [0, 0.1) is 29.9 Å². The van der Waals surface area contributed by atoms with Gasteiger partial charge in [0.15, 0.2) is 5.82 Å². The van der Waals surface area contributed by atoms with E-state index in [1.165, 1.54) is 30.5 Å². The van der Waals surface area contributed by atoms with Crippen LogP contribution in [0.2, 0.25) is 0 Å². The summed E-state index contributed by atoms with van der Waals surface area (Å²) in [6, 6.07) is 5.51. The monoisotopic (exact) mass is 603 g/mol. The van der Waals surface area contributed by atoms with Gasteiger partial charge in [-0.05, 0) is 49.4 Å². The van der Waals surface area contributed by atoms with Gasteiger partial charge in [-0.15, -0.1) is 6.42 Å². The first-order chi connectivity index (χ1) is 21.2. The van der Waals surface area contributed by atoms with Crippen molar-refractivity contribution in [3.63, 3.8) is 0 Å². The van der Waals surface area contributed by atoms with Gasteiger partial charge in [-0.25, -0.2) is 13.2 Å². The average Bonchev–Trinajstić information content (AvgIpc) is 3.56. The normalized spacial score (nSPS) is 24.5. The molecule has 4 atom stereocenters. The van der Waals surface area contributed by atoms with Crippen molar-refractivity contribution in [2.75, 3.05) is 45.4 Å². The number of methoxy groups -OCH3 is 1. The van der Waals surface area contributed by atoms with Crippen molar-refractivity contribution in [1.29, 1.82) is 0 Å². The summed E-state index contributed by atoms with van der Waals surface area (Å²) < 4.78 is 57.4. The summed E-state index contributed by atoms with van der Waals surface area (Å²) in [6.45, 7) is 1.94. The number of alkyl halides is 1. The lowest BCUT2D eigenvalue weighted by Crippen LogP contribution is -2.43. The molecule has 44 heavy (non-hydrogen) atoms. The van der Waals surface area contributed by atoms with Crippen LogP contribution in [0.3, 0.4) is 0 Å². The van der Waals surface area contributed by atoms with Gasteiger partial charge in [-0.1, -0.05) is 12.0 Å². The molecule has 1 N–H and O–H groups in total. The van der Waals surface area contributed by atoms with Crippen LogP contribution in [0.15, 0.2) is 30.5 Å². The molecule has 11 heteroatoms. The molecule has 2 aliphatic heterocycles. The third-order valence-corrected chi connectivity index (χ3v) is 9.42. The number of fused-ring (bicyclic) bond motifs is 3. The van der Waals surface area contributed by atoms with Crippen molar-refractivity contribution in [3.05, 3.63) is 47.7 Å². The number of nitrogens with zero attached hydrogens (tertiary/aromatic N) is 5. The second-order valence-electron chi connectivity index (χ2n) is 12.2. The highest BCUT2D eigenvalue weighted by molar-refractivity contribution is 6.03. The molecular weight excluding hydrogens is 571 g/mol. The second-order valence-corrected chi connectivity index (χ2v) is 12.2. The van der Waals surface area contributed by atoms with E-state index in [4.69, 9.17) is 20.9 Å². The summed E-state index contributed by atoms with van der Waals surface area (Å²) in [5.74, 6) is 1.49. The number of hydrogen-bond acceptors (Lipinski definition) is 8. The van der Waals surface area contributed by atoms with E-state index in [-0.39, 0.29) is 58.1 Å². The Morgan fingerprint density at radius 2 is 2.09 bits per heavy atom. The number of benzene rings is 2. The maximum absolute atomic E-state index is 16.7. The molecule has 4 heterocycles. The average molecular weight is 604 g/mol. The summed E-state index contributed by atoms with van der Waals surface area (Å²) in [6.07, 6.45) is 9.21. The number of pyridine rings is 1. The van der Waals surface area contributed by atoms with E-state index >= 15 is 4.39 Å². The molecule has 4 aromatic rings. The van der Waals surface area contributed by atoms with E-state index in [1.807, 2.05) is 11.9 Å². The van der Waals surface area contributed by atoms with Crippen LogP contribution >= 0.6 is 0 Å². The first kappa shape index (κ1) is 28.6. The van der Waals surface area contributed by atoms with Gasteiger partial charge in [0.05, 0.1) is 23.1 Å². The molecule has 0 unspecified atom stereocenters. The molecule has 0 amide bonds. The maximum Gasteiger partial charge on any atom is 0.319 e. The van der Waals surface area contributed by atoms with Gasteiger partial charge >= 0.3 is 6.01 Å². The van der Waals surface area contributed by atoms with Gasteiger partial charge in [0.25, 0.3) is 0 Å². The number of anilines is 1. The molecule has 3 fully saturated rings. The van der Waals surface area contributed by atoms with E-state index in [0.717, 1.165) is 25.8 Å². The van der Waals surface area contributed by atoms with Gasteiger partial charge in [-0.2, -0.15) is 9.97 Å². The number of aromatic hydroxyl groups is 1. The first-order valence-corrected chi connectivity index (χ1v) is 14.7. The van der Waals surface area contributed by atoms with Crippen LogP contribution in [0.5, 0.6) is 11.8 Å². The van der Waals surface area contributed by atoms with Crippen molar-refractivity contribution >= 4 is 27.5 Å². The van der Waals surface area contributed by atoms with Crippen molar-refractivity contribution < 1.29 is 27.8 Å². The van der Waals surface area contributed by atoms with Crippen molar-refractivity contribution in [2.45, 2.75) is 43.4 Å². The van der Waals surface area contributed by atoms with Crippen LogP contribution in [0.25, 0.3) is 32.9 Å². The van der Waals surface area contributed by atoms with Gasteiger partial charge < -0.3 is 19.5 Å². The lowest BCUT2D eigenvalue weighted by Gasteiger charge is -2.31. The molecule has 1 aliphatic carbocycles. The number of halogens is 3. The first-order valence-electron chi connectivity index (χ1n) is 14.7. The van der Waals surface area contributed by atoms with Gasteiger partial charge in [-0.3, -0.25) is 9.88 Å². The third kappa shape index (κ3) is 4.68. The minimum atomic E-state index is -0.924. The fourth-order valence-corrected chi connectivity index (χ4v) is 7.20. The molecule has 2 aromatic heterocycles. The largest absolute Gasteiger partial charge is 0.508 e. The Labute approximate surface area is 252 Å². The number of aromatic nitrogens is 3. The highest BCUT2D eigenvalue weighted by Gasteiger charge is 2.49. The number of phenols is 1. The minimum absolute atomic E-state index is 0.0287. The van der Waals surface area contributed by atoms with E-state index in [2.05, 4.69) is 20.8 Å². The Morgan fingerprint density at radius 3 is 2.89 bits per heavy atom. The number of terminal acetylenes is 1. The van der Waals surface area contributed by atoms with Crippen LogP contribution in [-0.4, -0.2) is 83.2 Å². The van der Waals surface area contributed by atoms with Gasteiger partial charge in [0.1, 0.15) is 41.4 Å². The molecule has 0 spiro atoms. The van der Waals surface area contributed by atoms with Crippen molar-refractivity contribution in [1.82, 2.24) is 19.9 Å². The predicted molar refractivity (Wildman–Crippen MR) is 161 cm³/mol. The minimum Gasteiger partial charge on any atom is -0.508 e. The Balaban J connectivity index is 1.36. The van der Waals surface area contributed by atoms with Crippen molar-refractivity contribution in [3.8, 4) is 35.4 Å². The van der Waals surface area contributed by atoms with Crippen molar-refractivity contribution in [2.24, 2.45) is 5.92 Å². The molecule has 2 aromatic carbocycles. The molecule has 2 saturated heterocycles. The zero-order valence-electron chi connectivity index (χ0n) is 24.5. The topological polar surface area (TPSA) is 83.8 Å². The summed E-state index contributed by atoms with van der Waals surface area (Å²) in [7, 11) is 3.53. The number of rotatable bonds is 8. The number of hydrogen-bond donors (Lipinski definition) is 1. The van der Waals surface area contributed by atoms with Crippen LogP contribution < -0.4 is 9.64 Å². The number of phenolic OH excluding ortho intramolecular Hbond substituents is 1. The fraction of sp³-hybridized carbons (Fsp3) is 0.424. The molecule has 0 bridgehead atoms. The van der Waals surface area contributed by atoms with Crippen LogP contribution in [0.1, 0.15) is 31.2 Å². The van der Waals surface area contributed by atoms with Gasteiger partial charge in [0.2, 0.25) is 0 Å². The molecule has 228 valence electrons. The molecule has 7 rings (SSSR count). The summed E-state index contributed by atoms with van der Waals surface area (Å²) >= 11 is 0. The van der Waals surface area contributed by atoms with E-state index in [1.54, 1.807) is 7.11 Å². The van der Waals surface area contributed by atoms with E-state index in [9.17, 15) is 13.9 Å².